The Hall–Kier alpha value is -2.11. The lowest BCUT2D eigenvalue weighted by Gasteiger charge is -2.17. The number of carboxylic acid groups (broad SMARTS) is 1. The first-order chi connectivity index (χ1) is 8.81. The van der Waals surface area contributed by atoms with Crippen molar-refractivity contribution in [1.82, 2.24) is 4.98 Å². The van der Waals surface area contributed by atoms with Crippen LogP contribution in [0.5, 0.6) is 0 Å². The molecular weight excluding hydrogens is 246 g/mol. The summed E-state index contributed by atoms with van der Waals surface area (Å²) in [6, 6.07) is 3.11. The fraction of sp³-hybridized carbons (Fsp3) is 0.462. The first-order valence-electron chi connectivity index (χ1n) is 6.06. The molecule has 1 aromatic rings. The number of nitrogens with two attached hydrogens (primary N) is 1. The lowest BCUT2D eigenvalue weighted by atomic mass is 9.96. The molecule has 1 rings (SSSR count). The van der Waals surface area contributed by atoms with E-state index in [2.05, 4.69) is 10.3 Å². The molecule has 0 bridgehead atoms. The Morgan fingerprint density at radius 3 is 2.53 bits per heavy atom. The molecule has 0 aliphatic carbocycles. The van der Waals surface area contributed by atoms with Gasteiger partial charge in [0.05, 0.1) is 5.92 Å². The molecular formula is C13H19N3O3. The zero-order valence-corrected chi connectivity index (χ0v) is 11.3. The molecule has 4 N–H and O–H groups in total. The molecule has 0 saturated carbocycles. The second-order valence-electron chi connectivity index (χ2n) is 4.82. The first kappa shape index (κ1) is 14.9. The molecule has 0 fully saturated rings. The van der Waals surface area contributed by atoms with Gasteiger partial charge in [-0.2, -0.15) is 0 Å². The molecule has 1 amide bonds. The number of pyridine rings is 1. The van der Waals surface area contributed by atoms with Gasteiger partial charge in [-0.3, -0.25) is 9.59 Å². The van der Waals surface area contributed by atoms with Gasteiger partial charge >= 0.3 is 5.97 Å². The van der Waals surface area contributed by atoms with E-state index in [1.807, 2.05) is 13.8 Å². The number of carbonyl (C=O) groups is 2. The molecule has 1 unspecified atom stereocenters. The Bertz CT molecular complexity index is 486. The lowest BCUT2D eigenvalue weighted by molar-refractivity contribution is -0.142. The van der Waals surface area contributed by atoms with Crippen LogP contribution in [-0.2, 0) is 4.79 Å². The molecule has 0 aliphatic rings. The van der Waals surface area contributed by atoms with E-state index in [0.717, 1.165) is 0 Å². The average molecular weight is 265 g/mol. The van der Waals surface area contributed by atoms with E-state index in [-0.39, 0.29) is 12.5 Å². The number of anilines is 1. The minimum atomic E-state index is -0.856. The lowest BCUT2D eigenvalue weighted by Crippen LogP contribution is -2.28. The number of primary amides is 1. The van der Waals surface area contributed by atoms with E-state index >= 15 is 0 Å². The zero-order chi connectivity index (χ0) is 14.6. The summed E-state index contributed by atoms with van der Waals surface area (Å²) in [5.41, 5.74) is 6.22. The van der Waals surface area contributed by atoms with Gasteiger partial charge in [-0.05, 0) is 25.0 Å². The van der Waals surface area contributed by atoms with Crippen molar-refractivity contribution in [2.45, 2.75) is 20.8 Å². The maximum Gasteiger partial charge on any atom is 0.308 e. The first-order valence-corrected chi connectivity index (χ1v) is 6.06. The van der Waals surface area contributed by atoms with Gasteiger partial charge in [0.25, 0.3) is 0 Å². The average Bonchev–Trinajstić information content (AvgIpc) is 2.27. The fourth-order valence-electron chi connectivity index (χ4n) is 1.72. The maximum atomic E-state index is 11.1. The van der Waals surface area contributed by atoms with Crippen LogP contribution in [0.3, 0.4) is 0 Å². The van der Waals surface area contributed by atoms with Crippen molar-refractivity contribution >= 4 is 17.7 Å². The summed E-state index contributed by atoms with van der Waals surface area (Å²) in [6.45, 7) is 5.69. The number of aryl methyl sites for hydroxylation is 1. The predicted octanol–water partition coefficient (Wildman–Crippen LogP) is 1.26. The Morgan fingerprint density at radius 1 is 1.42 bits per heavy atom. The maximum absolute atomic E-state index is 11.1. The fourth-order valence-corrected chi connectivity index (χ4v) is 1.72. The SMILES string of the molecule is Cc1cc(C(N)=O)cc(NCC(C(=O)O)C(C)C)n1. The molecule has 19 heavy (non-hydrogen) atoms. The minimum Gasteiger partial charge on any atom is -0.481 e. The Labute approximate surface area is 112 Å². The number of nitrogens with one attached hydrogen (secondary N) is 1. The number of amides is 1. The molecule has 1 atom stereocenters. The normalized spacial score (nSPS) is 12.2. The van der Waals surface area contributed by atoms with Crippen molar-refractivity contribution in [2.75, 3.05) is 11.9 Å². The summed E-state index contributed by atoms with van der Waals surface area (Å²) in [4.78, 5) is 26.4. The van der Waals surface area contributed by atoms with Crippen molar-refractivity contribution in [3.8, 4) is 0 Å². The molecule has 0 spiro atoms. The minimum absolute atomic E-state index is 0.00502. The summed E-state index contributed by atoms with van der Waals surface area (Å²) in [7, 11) is 0. The summed E-state index contributed by atoms with van der Waals surface area (Å²) in [5.74, 6) is -1.44. The Kier molecular flexibility index (Phi) is 4.86. The molecule has 0 aliphatic heterocycles. The highest BCUT2D eigenvalue weighted by Crippen LogP contribution is 2.14. The number of rotatable bonds is 6. The monoisotopic (exact) mass is 265 g/mol. The molecule has 0 aromatic carbocycles. The number of hydrogen-bond donors (Lipinski definition) is 3. The number of carbonyl (C=O) groups excluding carboxylic acids is 1. The Morgan fingerprint density at radius 2 is 2.05 bits per heavy atom. The molecule has 6 heteroatoms. The highest BCUT2D eigenvalue weighted by Gasteiger charge is 2.21. The second-order valence-corrected chi connectivity index (χ2v) is 4.82. The highest BCUT2D eigenvalue weighted by atomic mass is 16.4. The number of aromatic nitrogens is 1. The third-order valence-electron chi connectivity index (χ3n) is 2.86. The van der Waals surface area contributed by atoms with Crippen LogP contribution in [0.15, 0.2) is 12.1 Å². The van der Waals surface area contributed by atoms with Crippen LogP contribution >= 0.6 is 0 Å². The van der Waals surface area contributed by atoms with Crippen LogP contribution in [0, 0.1) is 18.8 Å². The largest absolute Gasteiger partial charge is 0.481 e. The van der Waals surface area contributed by atoms with Crippen LogP contribution in [0.1, 0.15) is 29.9 Å². The van der Waals surface area contributed by atoms with E-state index in [1.54, 1.807) is 13.0 Å². The second kappa shape index (κ2) is 6.17. The van der Waals surface area contributed by atoms with Crippen LogP contribution in [0.25, 0.3) is 0 Å². The van der Waals surface area contributed by atoms with Crippen LogP contribution in [-0.4, -0.2) is 28.5 Å². The number of aliphatic carboxylic acids is 1. The van der Waals surface area contributed by atoms with Gasteiger partial charge in [0, 0.05) is 17.8 Å². The molecule has 104 valence electrons. The van der Waals surface area contributed by atoms with E-state index < -0.39 is 17.8 Å². The number of carboxylic acids is 1. The van der Waals surface area contributed by atoms with Gasteiger partial charge in [0.15, 0.2) is 0 Å². The molecule has 1 aromatic heterocycles. The summed E-state index contributed by atoms with van der Waals surface area (Å²) in [6.07, 6.45) is 0. The van der Waals surface area contributed by atoms with Crippen molar-refractivity contribution in [3.05, 3.63) is 23.4 Å². The van der Waals surface area contributed by atoms with Crippen LogP contribution in [0.4, 0.5) is 5.82 Å². The van der Waals surface area contributed by atoms with Gasteiger partial charge in [-0.25, -0.2) is 4.98 Å². The van der Waals surface area contributed by atoms with Crippen LogP contribution < -0.4 is 11.1 Å². The van der Waals surface area contributed by atoms with Gasteiger partial charge in [0.1, 0.15) is 5.82 Å². The molecule has 6 nitrogen and oxygen atoms in total. The van der Waals surface area contributed by atoms with Gasteiger partial charge in [-0.15, -0.1) is 0 Å². The van der Waals surface area contributed by atoms with Crippen molar-refractivity contribution < 1.29 is 14.7 Å². The van der Waals surface area contributed by atoms with Crippen molar-refractivity contribution in [1.29, 1.82) is 0 Å². The summed E-state index contributed by atoms with van der Waals surface area (Å²) >= 11 is 0. The topological polar surface area (TPSA) is 105 Å². The predicted molar refractivity (Wildman–Crippen MR) is 71.9 cm³/mol. The van der Waals surface area contributed by atoms with Crippen molar-refractivity contribution in [2.24, 2.45) is 17.6 Å². The Balaban J connectivity index is 2.82. The van der Waals surface area contributed by atoms with Crippen LogP contribution in [0.2, 0.25) is 0 Å². The standard InChI is InChI=1S/C13H19N3O3/c1-7(2)10(13(18)19)6-15-11-5-9(12(14)17)4-8(3)16-11/h4-5,7,10H,6H2,1-3H3,(H2,14,17)(H,15,16)(H,18,19). The summed E-state index contributed by atoms with van der Waals surface area (Å²) < 4.78 is 0. The molecule has 0 saturated heterocycles. The number of hydrogen-bond acceptors (Lipinski definition) is 4. The van der Waals surface area contributed by atoms with E-state index in [0.29, 0.717) is 17.1 Å². The van der Waals surface area contributed by atoms with Gasteiger partial charge in [0.2, 0.25) is 5.91 Å². The van der Waals surface area contributed by atoms with E-state index in [1.165, 1.54) is 6.07 Å². The quantitative estimate of drug-likeness (QED) is 0.718. The van der Waals surface area contributed by atoms with Gasteiger partial charge in [-0.1, -0.05) is 13.8 Å². The third-order valence-corrected chi connectivity index (χ3v) is 2.86. The third kappa shape index (κ3) is 4.24. The highest BCUT2D eigenvalue weighted by molar-refractivity contribution is 5.93. The van der Waals surface area contributed by atoms with E-state index in [4.69, 9.17) is 10.8 Å². The summed E-state index contributed by atoms with van der Waals surface area (Å²) in [5, 5.41) is 12.0. The molecule has 0 radical (unpaired) electrons. The number of nitrogens with zero attached hydrogens (tertiary/aromatic N) is 1. The smallest absolute Gasteiger partial charge is 0.308 e. The zero-order valence-electron chi connectivity index (χ0n) is 11.3. The van der Waals surface area contributed by atoms with E-state index in [9.17, 15) is 9.59 Å². The van der Waals surface area contributed by atoms with Crippen molar-refractivity contribution in [3.63, 3.8) is 0 Å². The van der Waals surface area contributed by atoms with Gasteiger partial charge < -0.3 is 16.2 Å². The molecule has 1 heterocycles.